The second-order valence-electron chi connectivity index (χ2n) is 5.95. The molecule has 0 aromatic heterocycles. The molecule has 2 rings (SSSR count). The summed E-state index contributed by atoms with van der Waals surface area (Å²) >= 11 is 0. The molecule has 0 bridgehead atoms. The molecule has 1 aromatic rings. The molecule has 0 radical (unpaired) electrons. The highest BCUT2D eigenvalue weighted by Gasteiger charge is 2.30. The second kappa shape index (κ2) is 5.39. The maximum atomic E-state index is 9.61. The van der Waals surface area contributed by atoms with Crippen LogP contribution in [0.2, 0.25) is 0 Å². The van der Waals surface area contributed by atoms with Gasteiger partial charge in [0.15, 0.2) is 11.5 Å². The highest BCUT2D eigenvalue weighted by molar-refractivity contribution is 5.41. The third-order valence-electron chi connectivity index (χ3n) is 4.05. The van der Waals surface area contributed by atoms with E-state index in [0.29, 0.717) is 5.75 Å². The molecule has 4 heteroatoms. The van der Waals surface area contributed by atoms with Crippen LogP contribution in [-0.4, -0.2) is 54.2 Å². The number of phenolic OH excluding ortho intramolecular Hbond substituents is 1. The van der Waals surface area contributed by atoms with Gasteiger partial charge in [-0.1, -0.05) is 6.07 Å². The lowest BCUT2D eigenvalue weighted by molar-refractivity contribution is 0.0360. The van der Waals surface area contributed by atoms with Crippen molar-refractivity contribution in [2.75, 3.05) is 33.8 Å². The molecule has 4 nitrogen and oxygen atoms in total. The van der Waals surface area contributed by atoms with Crippen LogP contribution in [0.4, 0.5) is 0 Å². The standard InChI is InChI=1S/C15H24N2O2/c1-15(2)11-17(8-7-16(15)3)10-12-5-6-13(18)14(9-12)19-4/h5-6,9,18H,7-8,10-11H2,1-4H3. The molecule has 1 aliphatic rings. The maximum absolute atomic E-state index is 9.61. The molecule has 0 atom stereocenters. The Morgan fingerprint density at radius 3 is 2.68 bits per heavy atom. The predicted molar refractivity (Wildman–Crippen MR) is 76.6 cm³/mol. The van der Waals surface area contributed by atoms with Gasteiger partial charge in [-0.2, -0.15) is 0 Å². The number of hydrogen-bond acceptors (Lipinski definition) is 4. The van der Waals surface area contributed by atoms with Gasteiger partial charge in [0.2, 0.25) is 0 Å². The third-order valence-corrected chi connectivity index (χ3v) is 4.05. The average Bonchev–Trinajstić information content (AvgIpc) is 2.36. The van der Waals surface area contributed by atoms with E-state index in [4.69, 9.17) is 4.74 Å². The van der Waals surface area contributed by atoms with Crippen molar-refractivity contribution in [3.05, 3.63) is 23.8 Å². The van der Waals surface area contributed by atoms with Crippen molar-refractivity contribution in [1.82, 2.24) is 9.80 Å². The van der Waals surface area contributed by atoms with Crippen molar-refractivity contribution in [1.29, 1.82) is 0 Å². The van der Waals surface area contributed by atoms with Crippen LogP contribution in [0, 0.1) is 0 Å². The van der Waals surface area contributed by atoms with Crippen LogP contribution in [0.5, 0.6) is 11.5 Å². The van der Waals surface area contributed by atoms with Crippen molar-refractivity contribution >= 4 is 0 Å². The molecule has 0 amide bonds. The lowest BCUT2D eigenvalue weighted by atomic mass is 9.99. The van der Waals surface area contributed by atoms with Crippen molar-refractivity contribution in [3.63, 3.8) is 0 Å². The minimum Gasteiger partial charge on any atom is -0.504 e. The summed E-state index contributed by atoms with van der Waals surface area (Å²) in [6.07, 6.45) is 0. The Labute approximate surface area is 115 Å². The number of ether oxygens (including phenoxy) is 1. The predicted octanol–water partition coefficient (Wildman–Crippen LogP) is 1.93. The zero-order valence-corrected chi connectivity index (χ0v) is 12.3. The smallest absolute Gasteiger partial charge is 0.160 e. The first-order valence-electron chi connectivity index (χ1n) is 6.72. The molecular weight excluding hydrogens is 240 g/mol. The van der Waals surface area contributed by atoms with Gasteiger partial charge in [-0.15, -0.1) is 0 Å². The minimum atomic E-state index is 0.199. The Bertz CT molecular complexity index is 446. The number of aromatic hydroxyl groups is 1. The molecule has 1 heterocycles. The van der Waals surface area contributed by atoms with Gasteiger partial charge >= 0.3 is 0 Å². The summed E-state index contributed by atoms with van der Waals surface area (Å²) in [7, 11) is 3.76. The van der Waals surface area contributed by atoms with Crippen molar-refractivity contribution in [2.45, 2.75) is 25.9 Å². The van der Waals surface area contributed by atoms with E-state index in [1.807, 2.05) is 12.1 Å². The summed E-state index contributed by atoms with van der Waals surface area (Å²) in [5.74, 6) is 0.746. The van der Waals surface area contributed by atoms with Crippen molar-refractivity contribution in [2.24, 2.45) is 0 Å². The molecule has 1 aromatic carbocycles. The van der Waals surface area contributed by atoms with Gasteiger partial charge in [-0.25, -0.2) is 0 Å². The van der Waals surface area contributed by atoms with Crippen LogP contribution in [0.25, 0.3) is 0 Å². The quantitative estimate of drug-likeness (QED) is 0.905. The highest BCUT2D eigenvalue weighted by Crippen LogP contribution is 2.27. The van der Waals surface area contributed by atoms with Crippen LogP contribution >= 0.6 is 0 Å². The first-order valence-corrected chi connectivity index (χ1v) is 6.72. The Balaban J connectivity index is 2.05. The summed E-state index contributed by atoms with van der Waals surface area (Å²) in [4.78, 5) is 4.85. The molecule has 1 N–H and O–H groups in total. The third kappa shape index (κ3) is 3.19. The van der Waals surface area contributed by atoms with Gasteiger partial charge in [0.1, 0.15) is 0 Å². The summed E-state index contributed by atoms with van der Waals surface area (Å²) in [5.41, 5.74) is 1.38. The van der Waals surface area contributed by atoms with Gasteiger partial charge in [0, 0.05) is 31.7 Å². The number of rotatable bonds is 3. The molecule has 1 saturated heterocycles. The Hall–Kier alpha value is -1.26. The van der Waals surface area contributed by atoms with E-state index in [0.717, 1.165) is 26.2 Å². The van der Waals surface area contributed by atoms with Crippen molar-refractivity contribution in [3.8, 4) is 11.5 Å². The lowest BCUT2D eigenvalue weighted by Gasteiger charge is -2.45. The number of methoxy groups -OCH3 is 1. The number of benzene rings is 1. The average molecular weight is 264 g/mol. The SMILES string of the molecule is COc1cc(CN2CCN(C)C(C)(C)C2)ccc1O. The minimum absolute atomic E-state index is 0.199. The Kier molecular flexibility index (Phi) is 4.02. The highest BCUT2D eigenvalue weighted by atomic mass is 16.5. The van der Waals surface area contributed by atoms with E-state index in [1.54, 1.807) is 13.2 Å². The first kappa shape index (κ1) is 14.2. The molecule has 0 unspecified atom stereocenters. The van der Waals surface area contributed by atoms with Crippen LogP contribution in [0.3, 0.4) is 0 Å². The van der Waals surface area contributed by atoms with Gasteiger partial charge in [0.25, 0.3) is 0 Å². The number of phenols is 1. The largest absolute Gasteiger partial charge is 0.504 e. The van der Waals surface area contributed by atoms with E-state index < -0.39 is 0 Å². The first-order chi connectivity index (χ1) is 8.92. The van der Waals surface area contributed by atoms with Crippen LogP contribution in [0.15, 0.2) is 18.2 Å². The lowest BCUT2D eigenvalue weighted by Crippen LogP contribution is -2.57. The number of piperazine rings is 1. The number of likely N-dealkylation sites (N-methyl/N-ethyl adjacent to an activating group) is 1. The zero-order chi connectivity index (χ0) is 14.0. The second-order valence-corrected chi connectivity index (χ2v) is 5.95. The van der Waals surface area contributed by atoms with Gasteiger partial charge in [-0.05, 0) is 38.6 Å². The normalized spacial score (nSPS) is 20.4. The van der Waals surface area contributed by atoms with Crippen molar-refractivity contribution < 1.29 is 9.84 Å². The summed E-state index contributed by atoms with van der Waals surface area (Å²) in [5, 5.41) is 9.61. The molecule has 0 aliphatic carbocycles. The molecule has 0 spiro atoms. The fraction of sp³-hybridized carbons (Fsp3) is 0.600. The van der Waals surface area contributed by atoms with E-state index in [2.05, 4.69) is 30.7 Å². The van der Waals surface area contributed by atoms with Crippen LogP contribution in [0.1, 0.15) is 19.4 Å². The van der Waals surface area contributed by atoms with Crippen LogP contribution < -0.4 is 4.74 Å². The molecule has 0 saturated carbocycles. The molecule has 1 aliphatic heterocycles. The topological polar surface area (TPSA) is 35.9 Å². The van der Waals surface area contributed by atoms with E-state index >= 15 is 0 Å². The summed E-state index contributed by atoms with van der Waals surface area (Å²) < 4.78 is 5.16. The number of hydrogen-bond donors (Lipinski definition) is 1. The van der Waals surface area contributed by atoms with Gasteiger partial charge in [-0.3, -0.25) is 9.80 Å². The zero-order valence-electron chi connectivity index (χ0n) is 12.3. The molecular formula is C15H24N2O2. The fourth-order valence-corrected chi connectivity index (χ4v) is 2.55. The molecule has 1 fully saturated rings. The van der Waals surface area contributed by atoms with Crippen LogP contribution in [-0.2, 0) is 6.54 Å². The Morgan fingerprint density at radius 2 is 2.05 bits per heavy atom. The van der Waals surface area contributed by atoms with Gasteiger partial charge in [0.05, 0.1) is 7.11 Å². The monoisotopic (exact) mass is 264 g/mol. The molecule has 106 valence electrons. The van der Waals surface area contributed by atoms with E-state index in [1.165, 1.54) is 5.56 Å². The Morgan fingerprint density at radius 1 is 1.32 bits per heavy atom. The number of nitrogens with zero attached hydrogens (tertiary/aromatic N) is 2. The summed E-state index contributed by atoms with van der Waals surface area (Å²) in [6, 6.07) is 5.58. The fourth-order valence-electron chi connectivity index (χ4n) is 2.55. The summed E-state index contributed by atoms with van der Waals surface area (Å²) in [6.45, 7) is 8.65. The maximum Gasteiger partial charge on any atom is 0.160 e. The van der Waals surface area contributed by atoms with Gasteiger partial charge < -0.3 is 9.84 Å². The van der Waals surface area contributed by atoms with E-state index in [-0.39, 0.29) is 11.3 Å². The molecule has 19 heavy (non-hydrogen) atoms. The van der Waals surface area contributed by atoms with E-state index in [9.17, 15) is 5.11 Å².